The fourth-order valence-corrected chi connectivity index (χ4v) is 2.64. The standard InChI is InChI=1S/C15H20N4OS/c1-4-6-12-7-11(8-13(18-12)16-5-2)14(20)19-15-17-10(3)9-21-15/h7-9H,4-6H2,1-3H3,(H,16,18)(H,17,19,20). The Morgan fingerprint density at radius 1 is 1.29 bits per heavy atom. The predicted octanol–water partition coefficient (Wildman–Crippen LogP) is 3.48. The molecular formula is C15H20N4OS. The minimum Gasteiger partial charge on any atom is -0.370 e. The van der Waals surface area contributed by atoms with E-state index in [-0.39, 0.29) is 5.91 Å². The highest BCUT2D eigenvalue weighted by atomic mass is 32.1. The summed E-state index contributed by atoms with van der Waals surface area (Å²) < 4.78 is 0. The van der Waals surface area contributed by atoms with Crippen LogP contribution in [-0.2, 0) is 6.42 Å². The number of nitrogens with one attached hydrogen (secondary N) is 2. The van der Waals surface area contributed by atoms with Gasteiger partial charge in [-0.25, -0.2) is 9.97 Å². The normalized spacial score (nSPS) is 10.4. The van der Waals surface area contributed by atoms with Gasteiger partial charge in [-0.3, -0.25) is 10.1 Å². The molecule has 0 saturated carbocycles. The Balaban J connectivity index is 2.21. The largest absolute Gasteiger partial charge is 0.370 e. The molecule has 0 unspecified atom stereocenters. The van der Waals surface area contributed by atoms with E-state index in [0.29, 0.717) is 10.7 Å². The molecule has 6 heteroatoms. The molecule has 2 heterocycles. The topological polar surface area (TPSA) is 66.9 Å². The van der Waals surface area contributed by atoms with Crippen LogP contribution in [0.25, 0.3) is 0 Å². The van der Waals surface area contributed by atoms with Gasteiger partial charge in [0.2, 0.25) is 0 Å². The Morgan fingerprint density at radius 2 is 2.10 bits per heavy atom. The summed E-state index contributed by atoms with van der Waals surface area (Å²) in [7, 11) is 0. The van der Waals surface area contributed by atoms with E-state index >= 15 is 0 Å². The summed E-state index contributed by atoms with van der Waals surface area (Å²) in [6.45, 7) is 6.78. The molecule has 2 rings (SSSR count). The summed E-state index contributed by atoms with van der Waals surface area (Å²) in [5.41, 5.74) is 2.44. The van der Waals surface area contributed by atoms with Gasteiger partial charge in [0.05, 0.1) is 5.69 Å². The van der Waals surface area contributed by atoms with Crippen molar-refractivity contribution in [3.63, 3.8) is 0 Å². The van der Waals surface area contributed by atoms with Gasteiger partial charge < -0.3 is 5.32 Å². The maximum absolute atomic E-state index is 12.3. The van der Waals surface area contributed by atoms with Crippen LogP contribution in [0.1, 0.15) is 42.0 Å². The molecule has 0 fully saturated rings. The number of hydrogen-bond donors (Lipinski definition) is 2. The number of carbonyl (C=O) groups is 1. The number of thiazole rings is 1. The average Bonchev–Trinajstić information content (AvgIpc) is 2.84. The second-order valence-electron chi connectivity index (χ2n) is 4.76. The summed E-state index contributed by atoms with van der Waals surface area (Å²) in [6.07, 6.45) is 1.85. The lowest BCUT2D eigenvalue weighted by Gasteiger charge is -2.09. The van der Waals surface area contributed by atoms with E-state index in [0.717, 1.165) is 36.6 Å². The molecular weight excluding hydrogens is 284 g/mol. The lowest BCUT2D eigenvalue weighted by Crippen LogP contribution is -2.14. The predicted molar refractivity (Wildman–Crippen MR) is 87.2 cm³/mol. The molecule has 0 aliphatic rings. The zero-order chi connectivity index (χ0) is 15.2. The van der Waals surface area contributed by atoms with Crippen molar-refractivity contribution < 1.29 is 4.79 Å². The van der Waals surface area contributed by atoms with E-state index in [1.54, 1.807) is 6.07 Å². The number of nitrogens with zero attached hydrogens (tertiary/aromatic N) is 2. The first kappa shape index (κ1) is 15.4. The van der Waals surface area contributed by atoms with Crippen molar-refractivity contribution in [2.75, 3.05) is 17.2 Å². The van der Waals surface area contributed by atoms with Crippen LogP contribution in [0.2, 0.25) is 0 Å². The molecule has 21 heavy (non-hydrogen) atoms. The monoisotopic (exact) mass is 304 g/mol. The van der Waals surface area contributed by atoms with Crippen molar-refractivity contribution in [1.29, 1.82) is 0 Å². The molecule has 0 aliphatic heterocycles. The molecule has 2 N–H and O–H groups in total. The molecule has 0 aliphatic carbocycles. The molecule has 0 spiro atoms. The van der Waals surface area contributed by atoms with Gasteiger partial charge in [-0.2, -0.15) is 0 Å². The SMILES string of the molecule is CCCc1cc(C(=O)Nc2nc(C)cs2)cc(NCC)n1. The van der Waals surface area contributed by atoms with Crippen molar-refractivity contribution in [3.8, 4) is 0 Å². The fourth-order valence-electron chi connectivity index (χ4n) is 1.96. The lowest BCUT2D eigenvalue weighted by atomic mass is 10.1. The first-order chi connectivity index (χ1) is 10.1. The van der Waals surface area contributed by atoms with Crippen LogP contribution in [0.3, 0.4) is 0 Å². The van der Waals surface area contributed by atoms with Gasteiger partial charge >= 0.3 is 0 Å². The highest BCUT2D eigenvalue weighted by Gasteiger charge is 2.11. The number of carbonyl (C=O) groups excluding carboxylic acids is 1. The quantitative estimate of drug-likeness (QED) is 0.857. The van der Waals surface area contributed by atoms with Gasteiger partial charge in [-0.1, -0.05) is 13.3 Å². The Morgan fingerprint density at radius 3 is 2.71 bits per heavy atom. The van der Waals surface area contributed by atoms with E-state index in [4.69, 9.17) is 0 Å². The van der Waals surface area contributed by atoms with Gasteiger partial charge in [-0.15, -0.1) is 11.3 Å². The highest BCUT2D eigenvalue weighted by molar-refractivity contribution is 7.13. The van der Waals surface area contributed by atoms with Crippen LogP contribution in [0.15, 0.2) is 17.5 Å². The van der Waals surface area contributed by atoms with Gasteiger partial charge in [-0.05, 0) is 32.4 Å². The minimum absolute atomic E-state index is 0.150. The van der Waals surface area contributed by atoms with Crippen LogP contribution in [0, 0.1) is 6.92 Å². The zero-order valence-electron chi connectivity index (χ0n) is 12.6. The number of aromatic nitrogens is 2. The maximum Gasteiger partial charge on any atom is 0.257 e. The van der Waals surface area contributed by atoms with Crippen LogP contribution >= 0.6 is 11.3 Å². The van der Waals surface area contributed by atoms with Gasteiger partial charge in [0.25, 0.3) is 5.91 Å². The molecule has 0 atom stereocenters. The summed E-state index contributed by atoms with van der Waals surface area (Å²) in [5, 5.41) is 8.53. The van der Waals surface area contributed by atoms with Crippen LogP contribution < -0.4 is 10.6 Å². The van der Waals surface area contributed by atoms with Gasteiger partial charge in [0.15, 0.2) is 5.13 Å². The fraction of sp³-hybridized carbons (Fsp3) is 0.400. The second-order valence-corrected chi connectivity index (χ2v) is 5.62. The molecule has 0 radical (unpaired) electrons. The van der Waals surface area contributed by atoms with Crippen molar-refractivity contribution in [3.05, 3.63) is 34.5 Å². The van der Waals surface area contributed by atoms with Crippen LogP contribution in [-0.4, -0.2) is 22.4 Å². The van der Waals surface area contributed by atoms with Crippen molar-refractivity contribution in [1.82, 2.24) is 9.97 Å². The van der Waals surface area contributed by atoms with E-state index in [1.807, 2.05) is 25.3 Å². The summed E-state index contributed by atoms with van der Waals surface area (Å²) in [5.74, 6) is 0.590. The van der Waals surface area contributed by atoms with E-state index in [1.165, 1.54) is 11.3 Å². The Labute approximate surface area is 128 Å². The number of hydrogen-bond acceptors (Lipinski definition) is 5. The van der Waals surface area contributed by atoms with E-state index in [2.05, 4.69) is 27.5 Å². The number of anilines is 2. The van der Waals surface area contributed by atoms with E-state index in [9.17, 15) is 4.79 Å². The number of aryl methyl sites for hydroxylation is 2. The summed E-state index contributed by atoms with van der Waals surface area (Å²) in [4.78, 5) is 21.1. The Kier molecular flexibility index (Phi) is 5.27. The molecule has 2 aromatic rings. The first-order valence-electron chi connectivity index (χ1n) is 7.10. The summed E-state index contributed by atoms with van der Waals surface area (Å²) >= 11 is 1.43. The summed E-state index contributed by atoms with van der Waals surface area (Å²) in [6, 6.07) is 3.62. The van der Waals surface area contributed by atoms with Crippen molar-refractivity contribution in [2.45, 2.75) is 33.6 Å². The number of rotatable bonds is 6. The Hall–Kier alpha value is -1.95. The maximum atomic E-state index is 12.3. The molecule has 1 amide bonds. The molecule has 112 valence electrons. The number of amides is 1. The van der Waals surface area contributed by atoms with Crippen LogP contribution in [0.5, 0.6) is 0 Å². The lowest BCUT2D eigenvalue weighted by molar-refractivity contribution is 0.102. The highest BCUT2D eigenvalue weighted by Crippen LogP contribution is 2.17. The average molecular weight is 304 g/mol. The Bertz CT molecular complexity index is 600. The molecule has 5 nitrogen and oxygen atoms in total. The minimum atomic E-state index is -0.150. The molecule has 2 aromatic heterocycles. The molecule has 0 bridgehead atoms. The van der Waals surface area contributed by atoms with Crippen LogP contribution in [0.4, 0.5) is 10.9 Å². The zero-order valence-corrected chi connectivity index (χ0v) is 13.4. The van der Waals surface area contributed by atoms with Gasteiger partial charge in [0.1, 0.15) is 5.82 Å². The third kappa shape index (κ3) is 4.26. The number of pyridine rings is 1. The third-order valence-electron chi connectivity index (χ3n) is 2.84. The second kappa shape index (κ2) is 7.17. The third-order valence-corrected chi connectivity index (χ3v) is 3.72. The molecule has 0 saturated heterocycles. The van der Waals surface area contributed by atoms with E-state index < -0.39 is 0 Å². The smallest absolute Gasteiger partial charge is 0.257 e. The van der Waals surface area contributed by atoms with Crippen molar-refractivity contribution >= 4 is 28.2 Å². The van der Waals surface area contributed by atoms with Gasteiger partial charge in [0, 0.05) is 23.2 Å². The molecule has 0 aromatic carbocycles. The first-order valence-corrected chi connectivity index (χ1v) is 7.98. The van der Waals surface area contributed by atoms with Crippen molar-refractivity contribution in [2.24, 2.45) is 0 Å².